The molecule has 0 atom stereocenters. The molecule has 0 N–H and O–H groups in total. The largest absolute Gasteiger partial charge is 0.465 e. The third-order valence-electron chi connectivity index (χ3n) is 4.72. The number of nitrogens with zero attached hydrogens (tertiary/aromatic N) is 3. The van der Waals surface area contributed by atoms with Crippen LogP contribution in [0, 0.1) is 12.8 Å². The number of methoxy groups -OCH3 is 1. The van der Waals surface area contributed by atoms with E-state index in [-0.39, 0.29) is 29.6 Å². The SMILES string of the molecule is COC(=O)c1cc(CN(C)C(=O)c2nn(CC(C)C)c(=O)c3ccccc23)oc1C. The summed E-state index contributed by atoms with van der Waals surface area (Å²) in [6.07, 6.45) is 0. The second-order valence-electron chi connectivity index (χ2n) is 7.61. The van der Waals surface area contributed by atoms with Gasteiger partial charge in [-0.1, -0.05) is 32.0 Å². The van der Waals surface area contributed by atoms with Crippen molar-refractivity contribution in [2.24, 2.45) is 5.92 Å². The summed E-state index contributed by atoms with van der Waals surface area (Å²) in [4.78, 5) is 39.2. The molecular weight excluding hydrogens is 386 g/mol. The average molecular weight is 411 g/mol. The highest BCUT2D eigenvalue weighted by Crippen LogP contribution is 2.19. The zero-order valence-corrected chi connectivity index (χ0v) is 17.8. The lowest BCUT2D eigenvalue weighted by Crippen LogP contribution is -2.32. The van der Waals surface area contributed by atoms with Crippen molar-refractivity contribution >= 4 is 22.6 Å². The van der Waals surface area contributed by atoms with Crippen molar-refractivity contribution in [1.82, 2.24) is 14.7 Å². The maximum atomic E-state index is 13.2. The Hall–Kier alpha value is -3.42. The van der Waals surface area contributed by atoms with Crippen LogP contribution in [-0.2, 0) is 17.8 Å². The van der Waals surface area contributed by atoms with Gasteiger partial charge in [0.05, 0.1) is 19.0 Å². The second kappa shape index (κ2) is 8.52. The van der Waals surface area contributed by atoms with Crippen molar-refractivity contribution in [3.05, 3.63) is 63.5 Å². The second-order valence-corrected chi connectivity index (χ2v) is 7.61. The van der Waals surface area contributed by atoms with Crippen LogP contribution in [0.3, 0.4) is 0 Å². The smallest absolute Gasteiger partial charge is 0.341 e. The number of ether oxygens (including phenoxy) is 1. The lowest BCUT2D eigenvalue weighted by molar-refractivity contribution is 0.0598. The summed E-state index contributed by atoms with van der Waals surface area (Å²) in [5.41, 5.74) is 0.301. The molecule has 0 saturated heterocycles. The number of esters is 1. The van der Waals surface area contributed by atoms with E-state index in [1.807, 2.05) is 13.8 Å². The van der Waals surface area contributed by atoms with Gasteiger partial charge in [0.1, 0.15) is 17.1 Å². The Labute approximate surface area is 174 Å². The van der Waals surface area contributed by atoms with Gasteiger partial charge in [-0.2, -0.15) is 5.10 Å². The maximum absolute atomic E-state index is 13.2. The van der Waals surface area contributed by atoms with E-state index in [0.717, 1.165) is 0 Å². The number of fused-ring (bicyclic) bond motifs is 1. The first-order chi connectivity index (χ1) is 14.2. The Morgan fingerprint density at radius 2 is 1.90 bits per heavy atom. The van der Waals surface area contributed by atoms with Gasteiger partial charge in [0.25, 0.3) is 11.5 Å². The van der Waals surface area contributed by atoms with Crippen LogP contribution in [0.1, 0.15) is 46.2 Å². The van der Waals surface area contributed by atoms with E-state index in [0.29, 0.717) is 34.4 Å². The minimum atomic E-state index is -0.495. The topological polar surface area (TPSA) is 94.6 Å². The Morgan fingerprint density at radius 3 is 2.53 bits per heavy atom. The van der Waals surface area contributed by atoms with Crippen molar-refractivity contribution in [3.63, 3.8) is 0 Å². The van der Waals surface area contributed by atoms with Crippen LogP contribution < -0.4 is 5.56 Å². The Morgan fingerprint density at radius 1 is 1.23 bits per heavy atom. The van der Waals surface area contributed by atoms with Crippen LogP contribution in [0.15, 0.2) is 39.5 Å². The molecule has 0 aliphatic rings. The molecule has 8 heteroatoms. The zero-order valence-electron chi connectivity index (χ0n) is 17.8. The van der Waals surface area contributed by atoms with E-state index in [9.17, 15) is 14.4 Å². The first kappa shape index (κ1) is 21.3. The fraction of sp³-hybridized carbons (Fsp3) is 0.364. The summed E-state index contributed by atoms with van der Waals surface area (Å²) in [6, 6.07) is 8.52. The van der Waals surface area contributed by atoms with Gasteiger partial charge < -0.3 is 14.1 Å². The molecule has 0 radical (unpaired) electrons. The van der Waals surface area contributed by atoms with Gasteiger partial charge in [0.2, 0.25) is 0 Å². The van der Waals surface area contributed by atoms with Crippen molar-refractivity contribution in [2.45, 2.75) is 33.9 Å². The van der Waals surface area contributed by atoms with Crippen LogP contribution in [0.4, 0.5) is 0 Å². The molecule has 2 aromatic heterocycles. The first-order valence-corrected chi connectivity index (χ1v) is 9.65. The van der Waals surface area contributed by atoms with Gasteiger partial charge >= 0.3 is 5.97 Å². The van der Waals surface area contributed by atoms with Gasteiger partial charge in [0, 0.05) is 19.0 Å². The lowest BCUT2D eigenvalue weighted by Gasteiger charge is -2.18. The molecule has 0 spiro atoms. The van der Waals surface area contributed by atoms with Crippen LogP contribution in [-0.4, -0.2) is 40.7 Å². The number of hydrogen-bond acceptors (Lipinski definition) is 6. The molecule has 8 nitrogen and oxygen atoms in total. The third kappa shape index (κ3) is 4.12. The summed E-state index contributed by atoms with van der Waals surface area (Å²) in [6.45, 7) is 6.17. The first-order valence-electron chi connectivity index (χ1n) is 9.65. The van der Waals surface area contributed by atoms with Crippen LogP contribution in [0.25, 0.3) is 10.8 Å². The molecule has 0 saturated carbocycles. The van der Waals surface area contributed by atoms with Gasteiger partial charge in [-0.3, -0.25) is 9.59 Å². The highest BCUT2D eigenvalue weighted by atomic mass is 16.5. The fourth-order valence-electron chi connectivity index (χ4n) is 3.28. The molecule has 158 valence electrons. The Balaban J connectivity index is 1.97. The summed E-state index contributed by atoms with van der Waals surface area (Å²) in [7, 11) is 2.92. The highest BCUT2D eigenvalue weighted by Gasteiger charge is 2.22. The van der Waals surface area contributed by atoms with Crippen LogP contribution >= 0.6 is 0 Å². The number of aromatic nitrogens is 2. The number of carbonyl (C=O) groups excluding carboxylic acids is 2. The molecule has 0 bridgehead atoms. The molecule has 0 aliphatic heterocycles. The van der Waals surface area contributed by atoms with E-state index in [4.69, 9.17) is 9.15 Å². The molecule has 30 heavy (non-hydrogen) atoms. The van der Waals surface area contributed by atoms with Crippen LogP contribution in [0.2, 0.25) is 0 Å². The van der Waals surface area contributed by atoms with Gasteiger partial charge in [0.15, 0.2) is 5.69 Å². The lowest BCUT2D eigenvalue weighted by atomic mass is 10.1. The standard InChI is InChI=1S/C22H25N3O5/c1-13(2)11-25-20(26)17-9-7-6-8-16(17)19(23-25)21(27)24(4)12-15-10-18(14(3)30-15)22(28)29-5/h6-10,13H,11-12H2,1-5H3. The number of carbonyl (C=O) groups is 2. The number of benzene rings is 1. The summed E-state index contributed by atoms with van der Waals surface area (Å²) < 4.78 is 11.7. The quantitative estimate of drug-likeness (QED) is 0.579. The predicted octanol–water partition coefficient (Wildman–Crippen LogP) is 3.01. The highest BCUT2D eigenvalue weighted by molar-refractivity contribution is 6.04. The Bertz CT molecular complexity index is 1160. The summed E-state index contributed by atoms with van der Waals surface area (Å²) in [5, 5.41) is 5.33. The predicted molar refractivity (Wildman–Crippen MR) is 111 cm³/mol. The number of aryl methyl sites for hydroxylation is 1. The molecule has 0 aliphatic carbocycles. The number of rotatable bonds is 6. The normalized spacial score (nSPS) is 11.1. The molecule has 3 aromatic rings. The summed E-state index contributed by atoms with van der Waals surface area (Å²) in [5.74, 6) is 0.220. The zero-order chi connectivity index (χ0) is 22.0. The molecule has 3 rings (SSSR count). The minimum absolute atomic E-state index is 0.135. The number of furan rings is 1. The summed E-state index contributed by atoms with van der Waals surface area (Å²) >= 11 is 0. The van der Waals surface area contributed by atoms with Crippen LogP contribution in [0.5, 0.6) is 0 Å². The molecule has 2 heterocycles. The molecule has 1 amide bonds. The maximum Gasteiger partial charge on any atom is 0.341 e. The van der Waals surface area contributed by atoms with E-state index < -0.39 is 5.97 Å². The Kier molecular flexibility index (Phi) is 6.05. The van der Waals surface area contributed by atoms with Gasteiger partial charge in [-0.15, -0.1) is 0 Å². The molecule has 1 aromatic carbocycles. The van der Waals surface area contributed by atoms with E-state index in [1.165, 1.54) is 16.7 Å². The van der Waals surface area contributed by atoms with Crippen molar-refractivity contribution in [1.29, 1.82) is 0 Å². The molecule has 0 unspecified atom stereocenters. The van der Waals surface area contributed by atoms with E-state index in [2.05, 4.69) is 5.10 Å². The number of hydrogen-bond donors (Lipinski definition) is 0. The molecular formula is C22H25N3O5. The van der Waals surface area contributed by atoms with Crippen molar-refractivity contribution in [3.8, 4) is 0 Å². The third-order valence-corrected chi connectivity index (χ3v) is 4.72. The monoisotopic (exact) mass is 411 g/mol. The van der Waals surface area contributed by atoms with Crippen molar-refractivity contribution < 1.29 is 18.7 Å². The van der Waals surface area contributed by atoms with Crippen molar-refractivity contribution in [2.75, 3.05) is 14.2 Å². The average Bonchev–Trinajstić information content (AvgIpc) is 3.08. The van der Waals surface area contributed by atoms with Gasteiger partial charge in [-0.05, 0) is 25.0 Å². The molecule has 0 fully saturated rings. The fourth-order valence-corrected chi connectivity index (χ4v) is 3.28. The minimum Gasteiger partial charge on any atom is -0.465 e. The van der Waals surface area contributed by atoms with E-state index >= 15 is 0 Å². The van der Waals surface area contributed by atoms with E-state index in [1.54, 1.807) is 44.3 Å². The number of amides is 1. The van der Waals surface area contributed by atoms with Gasteiger partial charge in [-0.25, -0.2) is 9.48 Å².